The number of aliphatic hydroxyl groups excluding tert-OH is 4. The Morgan fingerprint density at radius 2 is 1.61 bits per heavy atom. The van der Waals surface area contributed by atoms with Gasteiger partial charge < -0.3 is 25.2 Å². The predicted octanol–water partition coefficient (Wildman–Crippen LogP) is 2.05. The summed E-state index contributed by atoms with van der Waals surface area (Å²) >= 11 is 1.14. The van der Waals surface area contributed by atoms with E-state index in [0.29, 0.717) is 12.2 Å². The first-order valence-corrected chi connectivity index (χ1v) is 10.6. The van der Waals surface area contributed by atoms with Crippen molar-refractivity contribution in [2.45, 2.75) is 54.2 Å². The van der Waals surface area contributed by atoms with Crippen LogP contribution < -0.4 is 4.74 Å². The summed E-state index contributed by atoms with van der Waals surface area (Å²) in [7, 11) is 0. The molecule has 1 saturated carbocycles. The fourth-order valence-electron chi connectivity index (χ4n) is 3.60. The van der Waals surface area contributed by atoms with Crippen LogP contribution in [-0.4, -0.2) is 56.0 Å². The largest absolute Gasteiger partial charge is 0.477 e. The van der Waals surface area contributed by atoms with Crippen molar-refractivity contribution < 1.29 is 25.2 Å². The van der Waals surface area contributed by atoms with Crippen molar-refractivity contribution in [3.63, 3.8) is 0 Å². The van der Waals surface area contributed by atoms with Crippen molar-refractivity contribution in [2.75, 3.05) is 6.61 Å². The predicted molar refractivity (Wildman–Crippen MR) is 109 cm³/mol. The standard InChI is InChI=1S/C22H26O5S/c23-12-18-19(24)20(25)21(26)22(28-18)27-17-4-2-1-3-16(17)11-13-5-7-14(8-6-13)15-9-10-15/h1-8,15,18-26H,9-12H2/t18-,19-,20+,21-,22-/m1/s1. The monoisotopic (exact) mass is 402 g/mol. The van der Waals surface area contributed by atoms with Crippen LogP contribution in [0.1, 0.15) is 35.4 Å². The first-order chi connectivity index (χ1) is 13.6. The highest BCUT2D eigenvalue weighted by atomic mass is 32.2. The Morgan fingerprint density at radius 3 is 2.29 bits per heavy atom. The van der Waals surface area contributed by atoms with Gasteiger partial charge in [-0.15, -0.1) is 11.8 Å². The van der Waals surface area contributed by atoms with Gasteiger partial charge in [-0.25, -0.2) is 0 Å². The maximum absolute atomic E-state index is 10.3. The smallest absolute Gasteiger partial charge is 0.173 e. The summed E-state index contributed by atoms with van der Waals surface area (Å²) in [5.74, 6) is 1.36. The second-order valence-corrected chi connectivity index (χ2v) is 8.96. The van der Waals surface area contributed by atoms with Gasteiger partial charge in [0.05, 0.1) is 18.0 Å². The maximum Gasteiger partial charge on any atom is 0.173 e. The van der Waals surface area contributed by atoms with E-state index in [1.54, 1.807) is 0 Å². The van der Waals surface area contributed by atoms with Crippen molar-refractivity contribution in [2.24, 2.45) is 0 Å². The second-order valence-electron chi connectivity index (χ2n) is 7.62. The number of hydrogen-bond acceptors (Lipinski definition) is 6. The van der Waals surface area contributed by atoms with Gasteiger partial charge in [-0.2, -0.15) is 0 Å². The van der Waals surface area contributed by atoms with Gasteiger partial charge in [0.25, 0.3) is 0 Å². The molecule has 0 bridgehead atoms. The van der Waals surface area contributed by atoms with Gasteiger partial charge >= 0.3 is 0 Å². The molecule has 4 rings (SSSR count). The van der Waals surface area contributed by atoms with E-state index in [1.165, 1.54) is 24.0 Å². The molecule has 2 aliphatic rings. The van der Waals surface area contributed by atoms with Gasteiger partial charge in [-0.3, -0.25) is 0 Å². The van der Waals surface area contributed by atoms with Crippen LogP contribution in [0.2, 0.25) is 0 Å². The van der Waals surface area contributed by atoms with Crippen LogP contribution in [0.15, 0.2) is 48.5 Å². The molecule has 5 atom stereocenters. The van der Waals surface area contributed by atoms with Gasteiger partial charge in [-0.1, -0.05) is 42.5 Å². The molecule has 2 fully saturated rings. The number of ether oxygens (including phenoxy) is 1. The molecular formula is C22H26O5S. The highest BCUT2D eigenvalue weighted by molar-refractivity contribution is 8.00. The molecule has 0 radical (unpaired) electrons. The van der Waals surface area contributed by atoms with E-state index in [9.17, 15) is 20.4 Å². The third kappa shape index (κ3) is 4.21. The SMILES string of the molecule is OC[C@H]1S[C@@H](Oc2ccccc2Cc2ccc(C3CC3)cc2)[C@H](O)[C@@H](O)[C@@H]1O. The minimum atomic E-state index is -1.36. The molecule has 4 N–H and O–H groups in total. The lowest BCUT2D eigenvalue weighted by atomic mass is 10.0. The van der Waals surface area contributed by atoms with Gasteiger partial charge in [0, 0.05) is 6.42 Å². The van der Waals surface area contributed by atoms with Crippen LogP contribution in [0.25, 0.3) is 0 Å². The molecule has 0 aromatic heterocycles. The van der Waals surface area contributed by atoms with E-state index in [2.05, 4.69) is 24.3 Å². The summed E-state index contributed by atoms with van der Waals surface area (Å²) in [6, 6.07) is 16.3. The Kier molecular flexibility index (Phi) is 5.94. The summed E-state index contributed by atoms with van der Waals surface area (Å²) in [5, 5.41) is 39.2. The molecule has 150 valence electrons. The Bertz CT molecular complexity index is 790. The fourth-order valence-corrected chi connectivity index (χ4v) is 4.83. The molecular weight excluding hydrogens is 376 g/mol. The van der Waals surface area contributed by atoms with Gasteiger partial charge in [0.2, 0.25) is 0 Å². The zero-order chi connectivity index (χ0) is 19.7. The topological polar surface area (TPSA) is 90.2 Å². The lowest BCUT2D eigenvalue weighted by molar-refractivity contribution is -0.0910. The van der Waals surface area contributed by atoms with E-state index in [0.717, 1.165) is 23.2 Å². The van der Waals surface area contributed by atoms with Crippen LogP contribution in [0.4, 0.5) is 0 Å². The van der Waals surface area contributed by atoms with Crippen molar-refractivity contribution in [1.29, 1.82) is 0 Å². The zero-order valence-electron chi connectivity index (χ0n) is 15.5. The third-order valence-corrected chi connectivity index (χ3v) is 6.91. The van der Waals surface area contributed by atoms with Crippen molar-refractivity contribution in [3.8, 4) is 5.75 Å². The molecule has 2 aromatic carbocycles. The van der Waals surface area contributed by atoms with E-state index in [-0.39, 0.29) is 6.61 Å². The first-order valence-electron chi connectivity index (χ1n) is 9.70. The van der Waals surface area contributed by atoms with Crippen LogP contribution in [0, 0.1) is 0 Å². The summed E-state index contributed by atoms with van der Waals surface area (Å²) in [6.45, 7) is -0.301. The normalized spacial score (nSPS) is 30.2. The molecule has 0 unspecified atom stereocenters. The summed E-state index contributed by atoms with van der Waals surface area (Å²) in [5.41, 5.74) is 2.79. The van der Waals surface area contributed by atoms with Crippen molar-refractivity contribution >= 4 is 11.8 Å². The average Bonchev–Trinajstić information content (AvgIpc) is 3.56. The van der Waals surface area contributed by atoms with E-state index in [4.69, 9.17) is 4.74 Å². The quantitative estimate of drug-likeness (QED) is 0.591. The number of hydrogen-bond donors (Lipinski definition) is 4. The molecule has 1 heterocycles. The summed E-state index contributed by atoms with van der Waals surface area (Å²) < 4.78 is 6.02. The van der Waals surface area contributed by atoms with Crippen LogP contribution in [-0.2, 0) is 6.42 Å². The van der Waals surface area contributed by atoms with Crippen LogP contribution in [0.3, 0.4) is 0 Å². The van der Waals surface area contributed by atoms with E-state index in [1.807, 2.05) is 24.3 Å². The minimum absolute atomic E-state index is 0.301. The number of rotatable bonds is 6. The number of thioether (sulfide) groups is 1. The molecule has 1 aliphatic carbocycles. The minimum Gasteiger partial charge on any atom is -0.477 e. The molecule has 6 heteroatoms. The zero-order valence-corrected chi connectivity index (χ0v) is 16.3. The highest BCUT2D eigenvalue weighted by Gasteiger charge is 2.44. The van der Waals surface area contributed by atoms with Gasteiger partial charge in [0.1, 0.15) is 18.0 Å². The summed E-state index contributed by atoms with van der Waals surface area (Å²) in [6.07, 6.45) is -0.521. The maximum atomic E-state index is 10.3. The Morgan fingerprint density at radius 1 is 0.893 bits per heavy atom. The van der Waals surface area contributed by atoms with Gasteiger partial charge in [0.15, 0.2) is 5.44 Å². The molecule has 0 amide bonds. The molecule has 28 heavy (non-hydrogen) atoms. The van der Waals surface area contributed by atoms with Crippen LogP contribution in [0.5, 0.6) is 5.75 Å². The molecule has 5 nitrogen and oxygen atoms in total. The molecule has 1 aliphatic heterocycles. The Hall–Kier alpha value is -1.57. The average molecular weight is 403 g/mol. The Balaban J connectivity index is 1.49. The highest BCUT2D eigenvalue weighted by Crippen LogP contribution is 2.40. The summed E-state index contributed by atoms with van der Waals surface area (Å²) in [4.78, 5) is 0. The van der Waals surface area contributed by atoms with Crippen molar-refractivity contribution in [1.82, 2.24) is 0 Å². The molecule has 1 saturated heterocycles. The Labute approximate surface area is 169 Å². The van der Waals surface area contributed by atoms with E-state index >= 15 is 0 Å². The number of para-hydroxylation sites is 1. The lowest BCUT2D eigenvalue weighted by Crippen LogP contribution is -2.55. The number of aliphatic hydroxyl groups is 4. The molecule has 0 spiro atoms. The van der Waals surface area contributed by atoms with Gasteiger partial charge in [-0.05, 0) is 41.5 Å². The lowest BCUT2D eigenvalue weighted by Gasteiger charge is -2.39. The van der Waals surface area contributed by atoms with Crippen molar-refractivity contribution in [3.05, 3.63) is 65.2 Å². The second kappa shape index (κ2) is 8.43. The molecule has 2 aromatic rings. The fraction of sp³-hybridized carbons (Fsp3) is 0.455. The van der Waals surface area contributed by atoms with E-state index < -0.39 is 29.0 Å². The third-order valence-electron chi connectivity index (χ3n) is 5.49. The first kappa shape index (κ1) is 19.7. The number of benzene rings is 2. The van der Waals surface area contributed by atoms with Crippen LogP contribution >= 0.6 is 11.8 Å².